The molecule has 0 aromatic carbocycles. The van der Waals surface area contributed by atoms with E-state index in [0.717, 1.165) is 17.9 Å². The topological polar surface area (TPSA) is 63.8 Å². The van der Waals surface area contributed by atoms with Crippen molar-refractivity contribution in [1.29, 1.82) is 0 Å². The number of nitrogens with one attached hydrogen (secondary N) is 1. The molecule has 1 aromatic heterocycles. The summed E-state index contributed by atoms with van der Waals surface area (Å²) in [6, 6.07) is 0. The van der Waals surface area contributed by atoms with Gasteiger partial charge >= 0.3 is 0 Å². The van der Waals surface area contributed by atoms with Crippen molar-refractivity contribution in [2.24, 2.45) is 5.41 Å². The third-order valence-corrected chi connectivity index (χ3v) is 3.23. The summed E-state index contributed by atoms with van der Waals surface area (Å²) < 4.78 is 0. The molecule has 0 radical (unpaired) electrons. The molecule has 1 aliphatic rings. The molecule has 0 unspecified atom stereocenters. The molecule has 4 heteroatoms. The lowest BCUT2D eigenvalue weighted by molar-refractivity contribution is 0.180. The fourth-order valence-corrected chi connectivity index (χ4v) is 1.89. The van der Waals surface area contributed by atoms with Crippen molar-refractivity contribution in [1.82, 2.24) is 9.97 Å². The maximum Gasteiger partial charge on any atom is 0.221 e. The van der Waals surface area contributed by atoms with Crippen molar-refractivity contribution in [2.45, 2.75) is 33.1 Å². The molecule has 0 aliphatic heterocycles. The highest BCUT2D eigenvalue weighted by Gasteiger charge is 2.31. The number of rotatable bonds is 3. The van der Waals surface area contributed by atoms with E-state index in [2.05, 4.69) is 22.2 Å². The second kappa shape index (κ2) is 3.68. The zero-order chi connectivity index (χ0) is 10.9. The van der Waals surface area contributed by atoms with Crippen LogP contribution in [0.25, 0.3) is 0 Å². The Morgan fingerprint density at radius 1 is 1.53 bits per heavy atom. The Bertz CT molecular complexity index is 358. The van der Waals surface area contributed by atoms with Crippen LogP contribution in [0.3, 0.4) is 0 Å². The molecule has 0 saturated heterocycles. The van der Waals surface area contributed by atoms with E-state index in [1.165, 1.54) is 19.3 Å². The average molecular weight is 206 g/mol. The second-order valence-electron chi connectivity index (χ2n) is 4.78. The minimum Gasteiger partial charge on any atom is -0.369 e. The predicted molar refractivity (Wildman–Crippen MR) is 61.6 cm³/mol. The van der Waals surface area contributed by atoms with Gasteiger partial charge in [-0.25, -0.2) is 4.98 Å². The zero-order valence-electron chi connectivity index (χ0n) is 9.38. The van der Waals surface area contributed by atoms with Gasteiger partial charge in [0.1, 0.15) is 5.82 Å². The standard InChI is InChI=1S/C11H18N4/c1-8-6-13-10(12)15-9(8)14-7-11(2)4-3-5-11/h6H,3-5,7H2,1-2H3,(H3,12,13,14,15). The van der Waals surface area contributed by atoms with Crippen molar-refractivity contribution in [3.8, 4) is 0 Å². The molecule has 2 rings (SSSR count). The molecule has 3 N–H and O–H groups in total. The van der Waals surface area contributed by atoms with E-state index in [1.807, 2.05) is 6.92 Å². The fraction of sp³-hybridized carbons (Fsp3) is 0.636. The lowest BCUT2D eigenvalue weighted by Gasteiger charge is -2.38. The predicted octanol–water partition coefficient (Wildman–Crippen LogP) is 1.97. The van der Waals surface area contributed by atoms with Crippen molar-refractivity contribution < 1.29 is 0 Å². The number of anilines is 2. The maximum atomic E-state index is 5.55. The van der Waals surface area contributed by atoms with Crippen LogP contribution in [-0.4, -0.2) is 16.5 Å². The van der Waals surface area contributed by atoms with Crippen LogP contribution in [0.1, 0.15) is 31.7 Å². The van der Waals surface area contributed by atoms with Gasteiger partial charge in [0.05, 0.1) is 0 Å². The first-order chi connectivity index (χ1) is 7.09. The molecule has 0 spiro atoms. The lowest BCUT2D eigenvalue weighted by Crippen LogP contribution is -2.33. The first kappa shape index (κ1) is 10.2. The molecule has 82 valence electrons. The number of hydrogen-bond donors (Lipinski definition) is 2. The van der Waals surface area contributed by atoms with Crippen LogP contribution in [0, 0.1) is 12.3 Å². The minimum atomic E-state index is 0.335. The summed E-state index contributed by atoms with van der Waals surface area (Å²) in [6.45, 7) is 5.28. The molecule has 15 heavy (non-hydrogen) atoms. The summed E-state index contributed by atoms with van der Waals surface area (Å²) in [7, 11) is 0. The quantitative estimate of drug-likeness (QED) is 0.793. The van der Waals surface area contributed by atoms with Gasteiger partial charge in [-0.15, -0.1) is 0 Å². The smallest absolute Gasteiger partial charge is 0.221 e. The summed E-state index contributed by atoms with van der Waals surface area (Å²) >= 11 is 0. The first-order valence-corrected chi connectivity index (χ1v) is 5.42. The molecule has 4 nitrogen and oxygen atoms in total. The highest BCUT2D eigenvalue weighted by molar-refractivity contribution is 5.45. The normalized spacial score (nSPS) is 18.3. The third-order valence-electron chi connectivity index (χ3n) is 3.23. The molecule has 0 atom stereocenters. The Balaban J connectivity index is 2.01. The van der Waals surface area contributed by atoms with Crippen LogP contribution in [0.15, 0.2) is 6.20 Å². The number of aromatic nitrogens is 2. The highest BCUT2D eigenvalue weighted by atomic mass is 15.1. The molecular weight excluding hydrogens is 188 g/mol. The Morgan fingerprint density at radius 2 is 2.27 bits per heavy atom. The van der Waals surface area contributed by atoms with E-state index in [9.17, 15) is 0 Å². The summed E-state index contributed by atoms with van der Waals surface area (Å²) in [5, 5.41) is 3.37. The molecule has 0 amide bonds. The SMILES string of the molecule is Cc1cnc(N)nc1NCC1(C)CCC1. The zero-order valence-corrected chi connectivity index (χ0v) is 9.38. The van der Waals surface area contributed by atoms with Crippen LogP contribution in [-0.2, 0) is 0 Å². The maximum absolute atomic E-state index is 5.55. The number of nitrogens with two attached hydrogens (primary N) is 1. The van der Waals surface area contributed by atoms with Gasteiger partial charge in [-0.05, 0) is 25.2 Å². The van der Waals surface area contributed by atoms with E-state index in [0.29, 0.717) is 11.4 Å². The van der Waals surface area contributed by atoms with Gasteiger partial charge in [-0.3, -0.25) is 0 Å². The van der Waals surface area contributed by atoms with Gasteiger partial charge < -0.3 is 11.1 Å². The average Bonchev–Trinajstić information content (AvgIpc) is 2.17. The van der Waals surface area contributed by atoms with Gasteiger partial charge in [-0.2, -0.15) is 4.98 Å². The van der Waals surface area contributed by atoms with Crippen LogP contribution in [0.4, 0.5) is 11.8 Å². The molecule has 1 aliphatic carbocycles. The molecule has 1 fully saturated rings. The lowest BCUT2D eigenvalue weighted by atomic mass is 9.70. The number of hydrogen-bond acceptors (Lipinski definition) is 4. The van der Waals surface area contributed by atoms with Crippen LogP contribution >= 0.6 is 0 Å². The van der Waals surface area contributed by atoms with Gasteiger partial charge in [0, 0.05) is 18.3 Å². The molecule has 1 saturated carbocycles. The van der Waals surface area contributed by atoms with Crippen LogP contribution < -0.4 is 11.1 Å². The summed E-state index contributed by atoms with van der Waals surface area (Å²) in [4.78, 5) is 8.13. The molecular formula is C11H18N4. The van der Waals surface area contributed by atoms with E-state index in [4.69, 9.17) is 5.73 Å². The van der Waals surface area contributed by atoms with Crippen molar-refractivity contribution in [3.05, 3.63) is 11.8 Å². The van der Waals surface area contributed by atoms with E-state index in [-0.39, 0.29) is 0 Å². The Morgan fingerprint density at radius 3 is 2.87 bits per heavy atom. The summed E-state index contributed by atoms with van der Waals surface area (Å²) in [5.74, 6) is 1.21. The first-order valence-electron chi connectivity index (χ1n) is 5.42. The minimum absolute atomic E-state index is 0.335. The highest BCUT2D eigenvalue weighted by Crippen LogP contribution is 2.40. The van der Waals surface area contributed by atoms with Crippen molar-refractivity contribution >= 4 is 11.8 Å². The Kier molecular flexibility index (Phi) is 2.50. The van der Waals surface area contributed by atoms with E-state index < -0.39 is 0 Å². The molecule has 1 aromatic rings. The number of nitrogens with zero attached hydrogens (tertiary/aromatic N) is 2. The van der Waals surface area contributed by atoms with Crippen molar-refractivity contribution in [2.75, 3.05) is 17.6 Å². The van der Waals surface area contributed by atoms with Crippen molar-refractivity contribution in [3.63, 3.8) is 0 Å². The largest absolute Gasteiger partial charge is 0.369 e. The molecule has 0 bridgehead atoms. The fourth-order valence-electron chi connectivity index (χ4n) is 1.89. The van der Waals surface area contributed by atoms with Crippen LogP contribution in [0.5, 0.6) is 0 Å². The van der Waals surface area contributed by atoms with Gasteiger partial charge in [0.25, 0.3) is 0 Å². The second-order valence-corrected chi connectivity index (χ2v) is 4.78. The summed E-state index contributed by atoms with van der Waals surface area (Å²) in [5.41, 5.74) is 7.05. The van der Waals surface area contributed by atoms with Gasteiger partial charge in [0.2, 0.25) is 5.95 Å². The van der Waals surface area contributed by atoms with Crippen LogP contribution in [0.2, 0.25) is 0 Å². The van der Waals surface area contributed by atoms with Gasteiger partial charge in [-0.1, -0.05) is 13.3 Å². The Hall–Kier alpha value is -1.32. The van der Waals surface area contributed by atoms with E-state index >= 15 is 0 Å². The van der Waals surface area contributed by atoms with Gasteiger partial charge in [0.15, 0.2) is 0 Å². The summed E-state index contributed by atoms with van der Waals surface area (Å²) in [6.07, 6.45) is 5.72. The third kappa shape index (κ3) is 2.19. The number of nitrogen functional groups attached to an aromatic ring is 1. The molecule has 1 heterocycles. The Labute approximate surface area is 90.3 Å². The monoisotopic (exact) mass is 206 g/mol. The number of aryl methyl sites for hydroxylation is 1. The van der Waals surface area contributed by atoms with E-state index in [1.54, 1.807) is 6.20 Å².